The molecule has 44 heavy (non-hydrogen) atoms. The van der Waals surface area contributed by atoms with Gasteiger partial charge in [0.05, 0.1) is 17.3 Å². The molecule has 2 aliphatic heterocycles. The lowest BCUT2D eigenvalue weighted by Gasteiger charge is -2.50. The van der Waals surface area contributed by atoms with Gasteiger partial charge in [-0.3, -0.25) is 15.1 Å². The average molecular weight is 619 g/mol. The minimum Gasteiger partial charge on any atom is -0.314 e. The van der Waals surface area contributed by atoms with Crippen molar-refractivity contribution in [1.82, 2.24) is 20.4 Å². The molecule has 10 heteroatoms. The largest absolute Gasteiger partial charge is 0.416 e. The zero-order valence-corrected chi connectivity index (χ0v) is 24.9. The van der Waals surface area contributed by atoms with Crippen LogP contribution in [0.15, 0.2) is 78.9 Å². The van der Waals surface area contributed by atoms with E-state index in [1.165, 1.54) is 5.56 Å². The van der Waals surface area contributed by atoms with Crippen LogP contribution in [0.2, 0.25) is 0 Å². The summed E-state index contributed by atoms with van der Waals surface area (Å²) in [5.41, 5.74) is -1.83. The van der Waals surface area contributed by atoms with Gasteiger partial charge < -0.3 is 5.32 Å². The van der Waals surface area contributed by atoms with Gasteiger partial charge >= 0.3 is 12.4 Å². The van der Waals surface area contributed by atoms with E-state index in [1.807, 2.05) is 43.3 Å². The molecule has 2 fully saturated rings. The fourth-order valence-corrected chi connectivity index (χ4v) is 6.85. The molecule has 2 saturated heterocycles. The smallest absolute Gasteiger partial charge is 0.314 e. The van der Waals surface area contributed by atoms with Gasteiger partial charge in [-0.2, -0.15) is 26.3 Å². The van der Waals surface area contributed by atoms with Crippen molar-refractivity contribution in [2.24, 2.45) is 0 Å². The molecule has 5 rings (SSSR count). The van der Waals surface area contributed by atoms with E-state index in [4.69, 9.17) is 0 Å². The number of piperazine rings is 1. The second kappa shape index (κ2) is 13.6. The maximum Gasteiger partial charge on any atom is 0.416 e. The number of halogens is 6. The summed E-state index contributed by atoms with van der Waals surface area (Å²) < 4.78 is 84.9. The summed E-state index contributed by atoms with van der Waals surface area (Å²) >= 11 is 0. The van der Waals surface area contributed by atoms with E-state index in [2.05, 4.69) is 32.6 Å². The monoisotopic (exact) mass is 618 g/mol. The van der Waals surface area contributed by atoms with E-state index < -0.39 is 35.1 Å². The first-order chi connectivity index (χ1) is 21.0. The molecule has 3 aromatic carbocycles. The maximum absolute atomic E-state index is 14.1. The molecule has 4 nitrogen and oxygen atoms in total. The minimum absolute atomic E-state index is 0.0193. The molecule has 2 N–H and O–H groups in total. The number of nitrogens with one attached hydrogen (secondary N) is 2. The molecule has 2 heterocycles. The van der Waals surface area contributed by atoms with Crippen LogP contribution in [0.5, 0.6) is 0 Å². The van der Waals surface area contributed by atoms with Gasteiger partial charge in [0.25, 0.3) is 0 Å². The van der Waals surface area contributed by atoms with Gasteiger partial charge in [-0.25, -0.2) is 0 Å². The molecule has 238 valence electrons. The number of piperidine rings is 1. The summed E-state index contributed by atoms with van der Waals surface area (Å²) in [7, 11) is 0. The Morgan fingerprint density at radius 3 is 1.77 bits per heavy atom. The Morgan fingerprint density at radius 1 is 0.727 bits per heavy atom. The molecule has 0 aromatic heterocycles. The van der Waals surface area contributed by atoms with E-state index in [-0.39, 0.29) is 17.7 Å². The molecule has 2 unspecified atom stereocenters. The Labute approximate surface area is 255 Å². The molecular formula is C34H40F6N4. The Balaban J connectivity index is 1.56. The lowest BCUT2D eigenvalue weighted by molar-refractivity contribution is -0.143. The first-order valence-electron chi connectivity index (χ1n) is 15.3. The minimum atomic E-state index is -4.93. The average Bonchev–Trinajstić information content (AvgIpc) is 3.02. The van der Waals surface area contributed by atoms with Gasteiger partial charge in [0.15, 0.2) is 0 Å². The van der Waals surface area contributed by atoms with Crippen molar-refractivity contribution in [3.63, 3.8) is 0 Å². The highest BCUT2D eigenvalue weighted by Gasteiger charge is 2.47. The number of nitrogens with zero attached hydrogens (tertiary/aromatic N) is 2. The van der Waals surface area contributed by atoms with Crippen molar-refractivity contribution in [2.75, 3.05) is 39.3 Å². The van der Waals surface area contributed by atoms with Crippen LogP contribution < -0.4 is 10.6 Å². The van der Waals surface area contributed by atoms with Gasteiger partial charge in [-0.05, 0) is 67.2 Å². The quantitative estimate of drug-likeness (QED) is 0.256. The summed E-state index contributed by atoms with van der Waals surface area (Å²) in [6.45, 7) is 6.97. The first-order valence-corrected chi connectivity index (χ1v) is 15.3. The van der Waals surface area contributed by atoms with Crippen molar-refractivity contribution < 1.29 is 26.3 Å². The van der Waals surface area contributed by atoms with Gasteiger partial charge in [-0.15, -0.1) is 0 Å². The van der Waals surface area contributed by atoms with Crippen LogP contribution in [0.3, 0.4) is 0 Å². The number of alkyl halides is 6. The molecular weight excluding hydrogens is 578 g/mol. The third-order valence-electron chi connectivity index (χ3n) is 9.16. The van der Waals surface area contributed by atoms with Crippen molar-refractivity contribution in [3.8, 4) is 0 Å². The third kappa shape index (κ3) is 7.30. The van der Waals surface area contributed by atoms with E-state index >= 15 is 0 Å². The Hall–Kier alpha value is -2.92. The lowest BCUT2D eigenvalue weighted by atomic mass is 9.68. The highest BCUT2D eigenvalue weighted by molar-refractivity contribution is 5.46. The van der Waals surface area contributed by atoms with Crippen LogP contribution in [0, 0.1) is 0 Å². The molecule has 0 bridgehead atoms. The Kier molecular flexibility index (Phi) is 10.0. The van der Waals surface area contributed by atoms with E-state index in [1.54, 1.807) is 12.1 Å². The van der Waals surface area contributed by atoms with E-state index in [9.17, 15) is 26.3 Å². The van der Waals surface area contributed by atoms with Crippen LogP contribution in [-0.2, 0) is 24.3 Å². The first kappa shape index (κ1) is 32.5. The standard InChI is InChI=1S/C34H40F6N4/c1-2-32(26-11-7-4-8-12-26,27-21-28(33(35,36)37)23-29(22-27)34(38,39)40)31(44-19-15-41-16-20-44)42-30-13-17-43(18-14-30)24-25-9-5-3-6-10-25/h3-12,21-23,30-31,41-42H,2,13-20,24H2,1H3. The molecule has 0 saturated carbocycles. The normalized spacial score (nSPS) is 19.9. The van der Waals surface area contributed by atoms with Crippen molar-refractivity contribution in [1.29, 1.82) is 0 Å². The maximum atomic E-state index is 14.1. The highest BCUT2D eigenvalue weighted by Crippen LogP contribution is 2.45. The second-order valence-electron chi connectivity index (χ2n) is 11.9. The number of likely N-dealkylation sites (tertiary alicyclic amines) is 1. The fraction of sp³-hybridized carbons (Fsp3) is 0.471. The zero-order valence-electron chi connectivity index (χ0n) is 24.9. The van der Waals surface area contributed by atoms with Crippen LogP contribution in [0.1, 0.15) is 54.0 Å². The molecule has 2 aliphatic rings. The van der Waals surface area contributed by atoms with Crippen molar-refractivity contribution in [3.05, 3.63) is 107 Å². The number of hydrogen-bond acceptors (Lipinski definition) is 4. The van der Waals surface area contributed by atoms with E-state index in [0.717, 1.165) is 44.6 Å². The molecule has 0 aliphatic carbocycles. The van der Waals surface area contributed by atoms with Crippen molar-refractivity contribution in [2.45, 2.75) is 62.7 Å². The second-order valence-corrected chi connectivity index (χ2v) is 11.9. The van der Waals surface area contributed by atoms with Crippen LogP contribution in [-0.4, -0.2) is 61.3 Å². The number of hydrogen-bond donors (Lipinski definition) is 2. The molecule has 3 aromatic rings. The lowest BCUT2D eigenvalue weighted by Crippen LogP contribution is -2.65. The van der Waals surface area contributed by atoms with Gasteiger partial charge in [0.1, 0.15) is 0 Å². The highest BCUT2D eigenvalue weighted by atomic mass is 19.4. The molecule has 0 spiro atoms. The zero-order chi connectivity index (χ0) is 31.4. The summed E-state index contributed by atoms with van der Waals surface area (Å²) in [6, 6.07) is 21.5. The molecule has 0 amide bonds. The van der Waals surface area contributed by atoms with Crippen LogP contribution in [0.4, 0.5) is 26.3 Å². The summed E-state index contributed by atoms with van der Waals surface area (Å²) in [6.07, 6.45) is -8.47. The van der Waals surface area contributed by atoms with Gasteiger partial charge in [0, 0.05) is 44.2 Å². The van der Waals surface area contributed by atoms with E-state index in [0.29, 0.717) is 38.2 Å². The predicted octanol–water partition coefficient (Wildman–Crippen LogP) is 6.91. The summed E-state index contributed by atoms with van der Waals surface area (Å²) in [4.78, 5) is 4.59. The topological polar surface area (TPSA) is 30.5 Å². The predicted molar refractivity (Wildman–Crippen MR) is 160 cm³/mol. The molecule has 0 radical (unpaired) electrons. The molecule has 2 atom stereocenters. The Bertz CT molecular complexity index is 1300. The fourth-order valence-electron chi connectivity index (χ4n) is 6.85. The number of rotatable bonds is 9. The van der Waals surface area contributed by atoms with Crippen LogP contribution in [0.25, 0.3) is 0 Å². The van der Waals surface area contributed by atoms with Crippen molar-refractivity contribution >= 4 is 0 Å². The SMILES string of the molecule is CCC(c1ccccc1)(c1cc(C(F)(F)F)cc(C(F)(F)F)c1)C(NC1CCN(Cc2ccccc2)CC1)N1CCNCC1. The number of benzene rings is 3. The van der Waals surface area contributed by atoms with Crippen LogP contribution >= 0.6 is 0 Å². The summed E-state index contributed by atoms with van der Waals surface area (Å²) in [5.74, 6) is 0. The Morgan fingerprint density at radius 2 is 1.25 bits per heavy atom. The third-order valence-corrected chi connectivity index (χ3v) is 9.16. The summed E-state index contributed by atoms with van der Waals surface area (Å²) in [5, 5.41) is 7.16. The van der Waals surface area contributed by atoms with Gasteiger partial charge in [-0.1, -0.05) is 67.6 Å². The van der Waals surface area contributed by atoms with Gasteiger partial charge in [0.2, 0.25) is 0 Å².